The predicted molar refractivity (Wildman–Crippen MR) is 94.2 cm³/mol. The van der Waals surface area contributed by atoms with E-state index < -0.39 is 5.97 Å². The normalized spacial score (nSPS) is 14.2. The molecule has 0 bridgehead atoms. The molecule has 138 valence electrons. The summed E-state index contributed by atoms with van der Waals surface area (Å²) >= 11 is 0. The van der Waals surface area contributed by atoms with Gasteiger partial charge in [-0.05, 0) is 43.9 Å². The molecule has 1 aromatic heterocycles. The largest absolute Gasteiger partial charge is 0.497 e. The lowest BCUT2D eigenvalue weighted by atomic mass is 10.0. The minimum Gasteiger partial charge on any atom is -0.497 e. The van der Waals surface area contributed by atoms with Crippen LogP contribution in [0, 0.1) is 0 Å². The number of benzene rings is 1. The van der Waals surface area contributed by atoms with E-state index >= 15 is 0 Å². The first-order valence-electron chi connectivity index (χ1n) is 8.76. The fraction of sp³-hybridized carbons (Fsp3) is 0.421. The van der Waals surface area contributed by atoms with E-state index in [4.69, 9.17) is 14.0 Å². The SMILES string of the molecule is CCOC(=O)c1noc(C(=O)N2CCCCC2)c1-c1ccc(OC)cc1. The van der Waals surface area contributed by atoms with Crippen LogP contribution in [0.4, 0.5) is 0 Å². The second kappa shape index (κ2) is 8.03. The summed E-state index contributed by atoms with van der Waals surface area (Å²) in [6.45, 7) is 3.28. The highest BCUT2D eigenvalue weighted by molar-refractivity contribution is 6.05. The maximum atomic E-state index is 12.9. The number of rotatable bonds is 5. The number of methoxy groups -OCH3 is 1. The van der Waals surface area contributed by atoms with Gasteiger partial charge in [0.1, 0.15) is 5.75 Å². The lowest BCUT2D eigenvalue weighted by Crippen LogP contribution is -2.35. The highest BCUT2D eigenvalue weighted by Gasteiger charge is 2.31. The van der Waals surface area contributed by atoms with Crippen LogP contribution in [0.15, 0.2) is 28.8 Å². The Morgan fingerprint density at radius 2 is 1.85 bits per heavy atom. The molecule has 26 heavy (non-hydrogen) atoms. The second-order valence-corrected chi connectivity index (χ2v) is 6.04. The fourth-order valence-electron chi connectivity index (χ4n) is 3.04. The zero-order chi connectivity index (χ0) is 18.5. The number of esters is 1. The molecule has 0 unspecified atom stereocenters. The van der Waals surface area contributed by atoms with Crippen LogP contribution in [0.5, 0.6) is 5.75 Å². The molecule has 0 saturated carbocycles. The monoisotopic (exact) mass is 358 g/mol. The van der Waals surface area contributed by atoms with Crippen molar-refractivity contribution in [2.24, 2.45) is 0 Å². The Hall–Kier alpha value is -2.83. The van der Waals surface area contributed by atoms with Crippen LogP contribution in [0.25, 0.3) is 11.1 Å². The van der Waals surface area contributed by atoms with Gasteiger partial charge in [-0.2, -0.15) is 0 Å². The molecule has 0 spiro atoms. The number of piperidine rings is 1. The van der Waals surface area contributed by atoms with Crippen molar-refractivity contribution in [2.45, 2.75) is 26.2 Å². The minimum atomic E-state index is -0.611. The van der Waals surface area contributed by atoms with E-state index in [1.807, 2.05) is 0 Å². The summed E-state index contributed by atoms with van der Waals surface area (Å²) in [6, 6.07) is 7.04. The molecular weight excluding hydrogens is 336 g/mol. The van der Waals surface area contributed by atoms with Gasteiger partial charge in [-0.15, -0.1) is 0 Å². The van der Waals surface area contributed by atoms with Crippen LogP contribution in [-0.2, 0) is 4.74 Å². The third kappa shape index (κ3) is 3.56. The van der Waals surface area contributed by atoms with Gasteiger partial charge in [0.25, 0.3) is 5.91 Å². The number of amides is 1. The van der Waals surface area contributed by atoms with Crippen LogP contribution >= 0.6 is 0 Å². The Morgan fingerprint density at radius 1 is 1.15 bits per heavy atom. The predicted octanol–water partition coefficient (Wildman–Crippen LogP) is 3.15. The topological polar surface area (TPSA) is 81.9 Å². The summed E-state index contributed by atoms with van der Waals surface area (Å²) in [6.07, 6.45) is 3.03. The zero-order valence-electron chi connectivity index (χ0n) is 15.0. The van der Waals surface area contributed by atoms with Crippen molar-refractivity contribution in [3.8, 4) is 16.9 Å². The molecule has 0 N–H and O–H groups in total. The number of nitrogens with zero attached hydrogens (tertiary/aromatic N) is 2. The molecule has 1 aliphatic rings. The van der Waals surface area contributed by atoms with Gasteiger partial charge in [0.05, 0.1) is 19.3 Å². The first-order valence-corrected chi connectivity index (χ1v) is 8.76. The van der Waals surface area contributed by atoms with Gasteiger partial charge in [0.15, 0.2) is 5.69 Å². The summed E-state index contributed by atoms with van der Waals surface area (Å²) in [4.78, 5) is 26.9. The van der Waals surface area contributed by atoms with Crippen LogP contribution < -0.4 is 4.74 Å². The quantitative estimate of drug-likeness (QED) is 0.764. The average molecular weight is 358 g/mol. The Bertz CT molecular complexity index is 776. The van der Waals surface area contributed by atoms with Crippen LogP contribution in [0.3, 0.4) is 0 Å². The van der Waals surface area contributed by atoms with Crippen molar-refractivity contribution in [3.05, 3.63) is 35.7 Å². The van der Waals surface area contributed by atoms with Crippen molar-refractivity contribution >= 4 is 11.9 Å². The summed E-state index contributed by atoms with van der Waals surface area (Å²) < 4.78 is 15.5. The van der Waals surface area contributed by atoms with E-state index in [1.54, 1.807) is 43.2 Å². The van der Waals surface area contributed by atoms with Crippen LogP contribution in [0.2, 0.25) is 0 Å². The molecule has 1 aliphatic heterocycles. The summed E-state index contributed by atoms with van der Waals surface area (Å²) in [5.74, 6) is -0.120. The van der Waals surface area contributed by atoms with Gasteiger partial charge < -0.3 is 18.9 Å². The van der Waals surface area contributed by atoms with Crippen LogP contribution in [-0.4, -0.2) is 48.7 Å². The summed E-state index contributed by atoms with van der Waals surface area (Å²) in [5, 5.41) is 3.84. The van der Waals surface area contributed by atoms with E-state index in [0.717, 1.165) is 19.3 Å². The lowest BCUT2D eigenvalue weighted by Gasteiger charge is -2.25. The molecule has 1 saturated heterocycles. The third-order valence-electron chi connectivity index (χ3n) is 4.38. The fourth-order valence-corrected chi connectivity index (χ4v) is 3.04. The highest BCUT2D eigenvalue weighted by Crippen LogP contribution is 2.31. The molecule has 7 nitrogen and oxygen atoms in total. The molecule has 7 heteroatoms. The molecule has 1 fully saturated rings. The molecule has 1 amide bonds. The second-order valence-electron chi connectivity index (χ2n) is 6.04. The smallest absolute Gasteiger partial charge is 0.361 e. The molecule has 2 heterocycles. The van der Waals surface area contributed by atoms with Gasteiger partial charge in [-0.1, -0.05) is 17.3 Å². The molecule has 3 rings (SSSR count). The molecule has 0 atom stereocenters. The zero-order valence-corrected chi connectivity index (χ0v) is 15.0. The van der Waals surface area contributed by atoms with Gasteiger partial charge in [0, 0.05) is 13.1 Å². The molecule has 0 aliphatic carbocycles. The number of ether oxygens (including phenoxy) is 2. The Morgan fingerprint density at radius 3 is 2.46 bits per heavy atom. The highest BCUT2D eigenvalue weighted by atomic mass is 16.5. The maximum absolute atomic E-state index is 12.9. The number of hydrogen-bond donors (Lipinski definition) is 0. The van der Waals surface area contributed by atoms with Crippen molar-refractivity contribution in [3.63, 3.8) is 0 Å². The first kappa shape index (κ1) is 18.0. The summed E-state index contributed by atoms with van der Waals surface area (Å²) in [5.41, 5.74) is 1.02. The van der Waals surface area contributed by atoms with E-state index in [-0.39, 0.29) is 24.0 Å². The third-order valence-corrected chi connectivity index (χ3v) is 4.38. The number of likely N-dealkylation sites (tertiary alicyclic amines) is 1. The molecule has 2 aromatic rings. The standard InChI is InChI=1S/C19H22N2O5/c1-3-25-19(23)16-15(13-7-9-14(24-2)10-8-13)17(26-20-16)18(22)21-11-5-4-6-12-21/h7-10H,3-6,11-12H2,1-2H3. The Kier molecular flexibility index (Phi) is 5.55. The van der Waals surface area contributed by atoms with Gasteiger partial charge in [-0.25, -0.2) is 4.79 Å². The van der Waals surface area contributed by atoms with Gasteiger partial charge in [0.2, 0.25) is 5.76 Å². The molecular formula is C19H22N2O5. The van der Waals surface area contributed by atoms with Crippen molar-refractivity contribution < 1.29 is 23.6 Å². The lowest BCUT2D eigenvalue weighted by molar-refractivity contribution is 0.0513. The van der Waals surface area contributed by atoms with Crippen molar-refractivity contribution in [2.75, 3.05) is 26.8 Å². The Labute approximate surface area is 151 Å². The number of hydrogen-bond acceptors (Lipinski definition) is 6. The van der Waals surface area contributed by atoms with Crippen molar-refractivity contribution in [1.82, 2.24) is 10.1 Å². The minimum absolute atomic E-state index is 0.0115. The van der Waals surface area contributed by atoms with Crippen molar-refractivity contribution in [1.29, 1.82) is 0 Å². The number of carbonyl (C=O) groups is 2. The van der Waals surface area contributed by atoms with Gasteiger partial charge >= 0.3 is 5.97 Å². The van der Waals surface area contributed by atoms with Gasteiger partial charge in [-0.3, -0.25) is 4.79 Å². The summed E-state index contributed by atoms with van der Waals surface area (Å²) in [7, 11) is 1.57. The molecule has 1 aromatic carbocycles. The van der Waals surface area contributed by atoms with E-state index in [1.165, 1.54) is 0 Å². The average Bonchev–Trinajstić information content (AvgIpc) is 3.13. The van der Waals surface area contributed by atoms with E-state index in [2.05, 4.69) is 5.16 Å². The van der Waals surface area contributed by atoms with E-state index in [9.17, 15) is 9.59 Å². The van der Waals surface area contributed by atoms with Crippen LogP contribution in [0.1, 0.15) is 47.2 Å². The number of aromatic nitrogens is 1. The number of carbonyl (C=O) groups excluding carboxylic acids is 2. The molecule has 0 radical (unpaired) electrons. The van der Waals surface area contributed by atoms with E-state index in [0.29, 0.717) is 30.0 Å². The first-order chi connectivity index (χ1) is 12.7. The Balaban J connectivity index is 2.03. The maximum Gasteiger partial charge on any atom is 0.361 e.